The zero-order valence-electron chi connectivity index (χ0n) is 12.5. The summed E-state index contributed by atoms with van der Waals surface area (Å²) in [7, 11) is 2.24. The van der Waals surface area contributed by atoms with Crippen LogP contribution in [-0.2, 0) is 4.74 Å². The highest BCUT2D eigenvalue weighted by molar-refractivity contribution is 5.03. The van der Waals surface area contributed by atoms with Gasteiger partial charge in [0.2, 0.25) is 0 Å². The van der Waals surface area contributed by atoms with Crippen molar-refractivity contribution < 1.29 is 4.74 Å². The average molecular weight is 254 g/mol. The van der Waals surface area contributed by atoms with Gasteiger partial charge in [0.25, 0.3) is 0 Å². The molecule has 0 spiro atoms. The zero-order chi connectivity index (χ0) is 13.2. The van der Waals surface area contributed by atoms with Gasteiger partial charge in [-0.2, -0.15) is 0 Å². The van der Waals surface area contributed by atoms with Gasteiger partial charge in [0, 0.05) is 24.1 Å². The summed E-state index contributed by atoms with van der Waals surface area (Å²) in [6.07, 6.45) is 5.59. The number of rotatable bonds is 4. The Kier molecular flexibility index (Phi) is 4.68. The van der Waals surface area contributed by atoms with Crippen molar-refractivity contribution >= 4 is 0 Å². The van der Waals surface area contributed by atoms with E-state index in [2.05, 4.69) is 38.0 Å². The maximum absolute atomic E-state index is 5.81. The normalized spacial score (nSPS) is 37.0. The minimum Gasteiger partial charge on any atom is -0.378 e. The van der Waals surface area contributed by atoms with Crippen molar-refractivity contribution in [3.05, 3.63) is 0 Å². The topological polar surface area (TPSA) is 24.5 Å². The maximum atomic E-state index is 5.81. The molecule has 0 aromatic rings. The highest BCUT2D eigenvalue weighted by atomic mass is 16.5. The summed E-state index contributed by atoms with van der Waals surface area (Å²) < 4.78 is 5.81. The molecule has 1 aliphatic heterocycles. The van der Waals surface area contributed by atoms with Crippen LogP contribution < -0.4 is 5.32 Å². The predicted octanol–water partition coefficient (Wildman–Crippen LogP) is 2.26. The SMILES string of the molecule is CCOC1CC(NC2CCCN(C)CC2)C1(C)C. The molecule has 1 heterocycles. The van der Waals surface area contributed by atoms with E-state index in [9.17, 15) is 0 Å². The van der Waals surface area contributed by atoms with Crippen LogP contribution in [0.3, 0.4) is 0 Å². The van der Waals surface area contributed by atoms with Crippen molar-refractivity contribution in [1.82, 2.24) is 10.2 Å². The highest BCUT2D eigenvalue weighted by Gasteiger charge is 2.49. The lowest BCUT2D eigenvalue weighted by Crippen LogP contribution is -2.62. The molecule has 1 saturated carbocycles. The smallest absolute Gasteiger partial charge is 0.0655 e. The monoisotopic (exact) mass is 254 g/mol. The molecule has 0 amide bonds. The van der Waals surface area contributed by atoms with Crippen LogP contribution >= 0.6 is 0 Å². The molecule has 2 fully saturated rings. The van der Waals surface area contributed by atoms with Gasteiger partial charge in [-0.1, -0.05) is 13.8 Å². The molecule has 3 atom stereocenters. The summed E-state index contributed by atoms with van der Waals surface area (Å²) >= 11 is 0. The summed E-state index contributed by atoms with van der Waals surface area (Å²) in [4.78, 5) is 2.45. The molecule has 0 aromatic carbocycles. The lowest BCUT2D eigenvalue weighted by Gasteiger charge is -2.53. The van der Waals surface area contributed by atoms with E-state index in [0.717, 1.165) is 6.61 Å². The predicted molar refractivity (Wildman–Crippen MR) is 75.9 cm³/mol. The molecule has 2 aliphatic rings. The van der Waals surface area contributed by atoms with Crippen LogP contribution in [0.4, 0.5) is 0 Å². The summed E-state index contributed by atoms with van der Waals surface area (Å²) in [5.41, 5.74) is 0.300. The summed E-state index contributed by atoms with van der Waals surface area (Å²) in [5.74, 6) is 0. The van der Waals surface area contributed by atoms with Gasteiger partial charge in [-0.3, -0.25) is 0 Å². The Hall–Kier alpha value is -0.120. The van der Waals surface area contributed by atoms with E-state index < -0.39 is 0 Å². The van der Waals surface area contributed by atoms with Gasteiger partial charge in [-0.25, -0.2) is 0 Å². The Morgan fingerprint density at radius 2 is 2.06 bits per heavy atom. The Balaban J connectivity index is 1.80. The first-order valence-electron chi connectivity index (χ1n) is 7.60. The molecular formula is C15H30N2O. The van der Waals surface area contributed by atoms with Gasteiger partial charge < -0.3 is 15.0 Å². The molecule has 1 saturated heterocycles. The van der Waals surface area contributed by atoms with E-state index in [1.54, 1.807) is 0 Å². The third kappa shape index (κ3) is 3.06. The van der Waals surface area contributed by atoms with Crippen molar-refractivity contribution in [1.29, 1.82) is 0 Å². The van der Waals surface area contributed by atoms with Gasteiger partial charge >= 0.3 is 0 Å². The second kappa shape index (κ2) is 5.89. The van der Waals surface area contributed by atoms with Crippen LogP contribution in [0.15, 0.2) is 0 Å². The maximum Gasteiger partial charge on any atom is 0.0655 e. The van der Waals surface area contributed by atoms with Gasteiger partial charge in [-0.15, -0.1) is 0 Å². The van der Waals surface area contributed by atoms with Crippen molar-refractivity contribution in [2.45, 2.75) is 64.6 Å². The van der Waals surface area contributed by atoms with Crippen LogP contribution in [0.5, 0.6) is 0 Å². The number of hydrogen-bond donors (Lipinski definition) is 1. The first-order valence-corrected chi connectivity index (χ1v) is 7.60. The molecular weight excluding hydrogens is 224 g/mol. The fourth-order valence-electron chi connectivity index (χ4n) is 3.34. The van der Waals surface area contributed by atoms with Gasteiger partial charge in [-0.05, 0) is 52.7 Å². The Labute approximate surface area is 112 Å². The fourth-order valence-corrected chi connectivity index (χ4v) is 3.34. The van der Waals surface area contributed by atoms with Crippen molar-refractivity contribution in [3.8, 4) is 0 Å². The summed E-state index contributed by atoms with van der Waals surface area (Å²) in [5, 5.41) is 3.89. The quantitative estimate of drug-likeness (QED) is 0.833. The largest absolute Gasteiger partial charge is 0.378 e. The van der Waals surface area contributed by atoms with Crippen molar-refractivity contribution in [3.63, 3.8) is 0 Å². The van der Waals surface area contributed by atoms with E-state index in [0.29, 0.717) is 23.6 Å². The molecule has 3 heteroatoms. The molecule has 106 valence electrons. The van der Waals surface area contributed by atoms with Crippen molar-refractivity contribution in [2.24, 2.45) is 5.41 Å². The standard InChI is InChI=1S/C15H30N2O/c1-5-18-14-11-13(15(14,2)3)16-12-7-6-9-17(4)10-8-12/h12-14,16H,5-11H2,1-4H3. The lowest BCUT2D eigenvalue weighted by atomic mass is 9.64. The lowest BCUT2D eigenvalue weighted by molar-refractivity contribution is -0.116. The van der Waals surface area contributed by atoms with E-state index in [1.165, 1.54) is 38.8 Å². The first kappa shape index (κ1) is 14.3. The Morgan fingerprint density at radius 1 is 1.28 bits per heavy atom. The average Bonchev–Trinajstić information content (AvgIpc) is 2.53. The molecule has 1 aliphatic carbocycles. The van der Waals surface area contributed by atoms with E-state index in [1.807, 2.05) is 0 Å². The Morgan fingerprint density at radius 3 is 2.72 bits per heavy atom. The van der Waals surface area contributed by atoms with Crippen LogP contribution in [0.1, 0.15) is 46.5 Å². The summed E-state index contributed by atoms with van der Waals surface area (Å²) in [6.45, 7) is 10.1. The second-order valence-electron chi connectivity index (χ2n) is 6.65. The van der Waals surface area contributed by atoms with Crippen molar-refractivity contribution in [2.75, 3.05) is 26.7 Å². The van der Waals surface area contributed by atoms with E-state index in [-0.39, 0.29) is 0 Å². The van der Waals surface area contributed by atoms with Gasteiger partial charge in [0.15, 0.2) is 0 Å². The number of nitrogens with zero attached hydrogens (tertiary/aromatic N) is 1. The molecule has 3 nitrogen and oxygen atoms in total. The Bertz CT molecular complexity index is 267. The molecule has 2 rings (SSSR count). The third-order valence-corrected chi connectivity index (χ3v) is 4.93. The van der Waals surface area contributed by atoms with Crippen LogP contribution in [0.2, 0.25) is 0 Å². The van der Waals surface area contributed by atoms with Crippen LogP contribution in [0.25, 0.3) is 0 Å². The first-order chi connectivity index (χ1) is 8.54. The number of hydrogen-bond acceptors (Lipinski definition) is 3. The van der Waals surface area contributed by atoms with Crippen LogP contribution in [-0.4, -0.2) is 49.8 Å². The number of ether oxygens (including phenoxy) is 1. The summed E-state index contributed by atoms with van der Waals surface area (Å²) in [6, 6.07) is 1.35. The van der Waals surface area contributed by atoms with Gasteiger partial charge in [0.05, 0.1) is 6.10 Å². The zero-order valence-corrected chi connectivity index (χ0v) is 12.5. The van der Waals surface area contributed by atoms with Crippen LogP contribution in [0, 0.1) is 5.41 Å². The highest BCUT2D eigenvalue weighted by Crippen LogP contribution is 2.43. The fraction of sp³-hybridized carbons (Fsp3) is 1.00. The van der Waals surface area contributed by atoms with Gasteiger partial charge in [0.1, 0.15) is 0 Å². The van der Waals surface area contributed by atoms with E-state index >= 15 is 0 Å². The molecule has 0 radical (unpaired) electrons. The molecule has 3 unspecified atom stereocenters. The molecule has 18 heavy (non-hydrogen) atoms. The molecule has 0 aromatic heterocycles. The number of likely N-dealkylation sites (tertiary alicyclic amines) is 1. The number of nitrogens with one attached hydrogen (secondary N) is 1. The second-order valence-corrected chi connectivity index (χ2v) is 6.65. The minimum atomic E-state index is 0.300. The molecule has 0 bridgehead atoms. The van der Waals surface area contributed by atoms with E-state index in [4.69, 9.17) is 4.74 Å². The third-order valence-electron chi connectivity index (χ3n) is 4.93. The minimum absolute atomic E-state index is 0.300. The molecule has 1 N–H and O–H groups in total.